The van der Waals surface area contributed by atoms with Gasteiger partial charge in [-0.15, -0.1) is 0 Å². The Hall–Kier alpha value is -2.59. The topological polar surface area (TPSA) is 33.2 Å². The molecular formula is C20H16N2OS. The number of ketones is 1. The van der Waals surface area contributed by atoms with Crippen molar-refractivity contribution in [1.29, 1.82) is 0 Å². The minimum absolute atomic E-state index is 0.185. The van der Waals surface area contributed by atoms with Crippen molar-refractivity contribution >= 4 is 23.4 Å². The highest BCUT2D eigenvalue weighted by Gasteiger charge is 2.24. The van der Waals surface area contributed by atoms with Crippen LogP contribution in [0.25, 0.3) is 11.1 Å². The van der Waals surface area contributed by atoms with E-state index < -0.39 is 0 Å². The summed E-state index contributed by atoms with van der Waals surface area (Å²) in [5.74, 6) is 0.668. The molecule has 0 unspecified atom stereocenters. The van der Waals surface area contributed by atoms with Crippen molar-refractivity contribution in [3.05, 3.63) is 84.2 Å². The standard InChI is InChI=1S/C20H16N2OS/c23-20-14-24-22(13-15-5-2-1-3-6-15)19-9-8-16(11-18(19)20)17-7-4-10-21-12-17/h1-12H,13-14H2. The van der Waals surface area contributed by atoms with Crippen LogP contribution in [0, 0.1) is 0 Å². The van der Waals surface area contributed by atoms with Gasteiger partial charge in [0.2, 0.25) is 0 Å². The first-order valence-electron chi connectivity index (χ1n) is 7.83. The Morgan fingerprint density at radius 2 is 1.88 bits per heavy atom. The van der Waals surface area contributed by atoms with Crippen molar-refractivity contribution in [2.24, 2.45) is 0 Å². The lowest BCUT2D eigenvalue weighted by Gasteiger charge is -2.29. The molecule has 0 radical (unpaired) electrons. The quantitative estimate of drug-likeness (QED) is 0.656. The number of anilines is 1. The van der Waals surface area contributed by atoms with E-state index in [9.17, 15) is 4.79 Å². The zero-order valence-corrected chi connectivity index (χ0v) is 13.9. The largest absolute Gasteiger partial charge is 0.311 e. The van der Waals surface area contributed by atoms with Crippen LogP contribution < -0.4 is 4.31 Å². The van der Waals surface area contributed by atoms with Crippen LogP contribution >= 0.6 is 11.9 Å². The van der Waals surface area contributed by atoms with Crippen molar-refractivity contribution in [2.45, 2.75) is 6.54 Å². The Kier molecular flexibility index (Phi) is 4.05. The molecule has 0 fully saturated rings. The number of hydrogen-bond acceptors (Lipinski definition) is 4. The lowest BCUT2D eigenvalue weighted by molar-refractivity contribution is 0.102. The van der Waals surface area contributed by atoms with Gasteiger partial charge in [-0.3, -0.25) is 9.78 Å². The van der Waals surface area contributed by atoms with E-state index >= 15 is 0 Å². The van der Waals surface area contributed by atoms with E-state index in [0.717, 1.165) is 28.9 Å². The number of benzene rings is 2. The minimum atomic E-state index is 0.185. The van der Waals surface area contributed by atoms with E-state index in [2.05, 4.69) is 27.5 Å². The fraction of sp³-hybridized carbons (Fsp3) is 0.100. The van der Waals surface area contributed by atoms with Gasteiger partial charge in [0.1, 0.15) is 0 Å². The van der Waals surface area contributed by atoms with E-state index in [0.29, 0.717) is 5.75 Å². The molecule has 1 aliphatic rings. The van der Waals surface area contributed by atoms with Crippen molar-refractivity contribution in [3.8, 4) is 11.1 Å². The molecule has 0 atom stereocenters. The van der Waals surface area contributed by atoms with Gasteiger partial charge in [0.15, 0.2) is 5.78 Å². The van der Waals surface area contributed by atoms with Crippen LogP contribution in [0.5, 0.6) is 0 Å². The van der Waals surface area contributed by atoms with Gasteiger partial charge in [0.25, 0.3) is 0 Å². The number of hydrogen-bond donors (Lipinski definition) is 0. The lowest BCUT2D eigenvalue weighted by atomic mass is 10.0. The zero-order valence-electron chi connectivity index (χ0n) is 13.1. The third-order valence-corrected chi connectivity index (χ3v) is 5.11. The number of Topliss-reactive ketones (excluding diaryl/α,β-unsaturated/α-hetero) is 1. The molecule has 2 aromatic carbocycles. The number of pyridine rings is 1. The SMILES string of the molecule is O=C1CSN(Cc2ccccc2)c2ccc(-c3cccnc3)cc21. The highest BCUT2D eigenvalue weighted by molar-refractivity contribution is 8.01. The van der Waals surface area contributed by atoms with Gasteiger partial charge >= 0.3 is 0 Å². The monoisotopic (exact) mass is 332 g/mol. The molecule has 0 saturated heterocycles. The number of nitrogens with zero attached hydrogens (tertiary/aromatic N) is 2. The third-order valence-electron chi connectivity index (χ3n) is 4.08. The zero-order chi connectivity index (χ0) is 16.4. The number of carbonyl (C=O) groups is 1. The van der Waals surface area contributed by atoms with E-state index in [1.54, 1.807) is 18.1 Å². The van der Waals surface area contributed by atoms with Gasteiger partial charge in [0, 0.05) is 23.5 Å². The average Bonchev–Trinajstić information content (AvgIpc) is 2.65. The summed E-state index contributed by atoms with van der Waals surface area (Å²) in [7, 11) is 0. The highest BCUT2D eigenvalue weighted by atomic mass is 32.2. The second-order valence-corrected chi connectivity index (χ2v) is 6.68. The Morgan fingerprint density at radius 1 is 1.00 bits per heavy atom. The molecule has 0 N–H and O–H groups in total. The van der Waals surface area contributed by atoms with Gasteiger partial charge < -0.3 is 4.31 Å². The molecule has 1 aliphatic heterocycles. The first-order valence-corrected chi connectivity index (χ1v) is 8.77. The third kappa shape index (κ3) is 2.93. The van der Waals surface area contributed by atoms with Gasteiger partial charge in [0.05, 0.1) is 18.0 Å². The molecule has 4 rings (SSSR count). The van der Waals surface area contributed by atoms with Crippen LogP contribution in [0.15, 0.2) is 73.1 Å². The van der Waals surface area contributed by atoms with Crippen molar-refractivity contribution in [2.75, 3.05) is 10.1 Å². The van der Waals surface area contributed by atoms with Crippen molar-refractivity contribution in [3.63, 3.8) is 0 Å². The van der Waals surface area contributed by atoms with Crippen LogP contribution in [-0.2, 0) is 6.54 Å². The Balaban J connectivity index is 1.70. The molecule has 0 aliphatic carbocycles. The molecule has 3 aromatic rings. The van der Waals surface area contributed by atoms with E-state index in [1.807, 2.05) is 48.7 Å². The fourth-order valence-corrected chi connectivity index (χ4v) is 3.82. The first kappa shape index (κ1) is 15.0. The molecule has 2 heterocycles. The molecule has 24 heavy (non-hydrogen) atoms. The van der Waals surface area contributed by atoms with Gasteiger partial charge in [-0.05, 0) is 41.3 Å². The normalized spacial score (nSPS) is 13.7. The van der Waals surface area contributed by atoms with Crippen LogP contribution in [0.2, 0.25) is 0 Å². The van der Waals surface area contributed by atoms with E-state index in [-0.39, 0.29) is 5.78 Å². The summed E-state index contributed by atoms with van der Waals surface area (Å²) in [6.07, 6.45) is 3.58. The molecule has 3 nitrogen and oxygen atoms in total. The Morgan fingerprint density at radius 3 is 2.67 bits per heavy atom. The average molecular weight is 332 g/mol. The molecule has 0 amide bonds. The predicted octanol–water partition coefficient (Wildman–Crippen LogP) is 4.60. The summed E-state index contributed by atoms with van der Waals surface area (Å²) in [5, 5.41) is 0. The van der Waals surface area contributed by atoms with Gasteiger partial charge in [-0.25, -0.2) is 0 Å². The first-order chi connectivity index (χ1) is 11.8. The number of aromatic nitrogens is 1. The van der Waals surface area contributed by atoms with Gasteiger partial charge in [-0.1, -0.05) is 42.5 Å². The molecule has 1 aromatic heterocycles. The number of carbonyl (C=O) groups excluding carboxylic acids is 1. The minimum Gasteiger partial charge on any atom is -0.311 e. The van der Waals surface area contributed by atoms with Crippen molar-refractivity contribution in [1.82, 2.24) is 4.98 Å². The summed E-state index contributed by atoms with van der Waals surface area (Å²) in [6.45, 7) is 0.790. The molecule has 4 heteroatoms. The maximum atomic E-state index is 12.4. The highest BCUT2D eigenvalue weighted by Crippen LogP contribution is 2.36. The number of fused-ring (bicyclic) bond motifs is 1. The van der Waals surface area contributed by atoms with Gasteiger partial charge in [-0.2, -0.15) is 0 Å². The van der Waals surface area contributed by atoms with Crippen LogP contribution in [0.3, 0.4) is 0 Å². The van der Waals surface area contributed by atoms with Crippen molar-refractivity contribution < 1.29 is 4.79 Å². The van der Waals surface area contributed by atoms with E-state index in [1.165, 1.54) is 5.56 Å². The summed E-state index contributed by atoms with van der Waals surface area (Å²) in [4.78, 5) is 16.6. The Bertz CT molecular complexity index is 865. The maximum Gasteiger partial charge on any atom is 0.176 e. The lowest BCUT2D eigenvalue weighted by Crippen LogP contribution is -2.24. The fourth-order valence-electron chi connectivity index (χ4n) is 2.85. The smallest absolute Gasteiger partial charge is 0.176 e. The summed E-state index contributed by atoms with van der Waals surface area (Å²) < 4.78 is 2.21. The molecule has 0 spiro atoms. The second-order valence-electron chi connectivity index (χ2n) is 5.69. The molecular weight excluding hydrogens is 316 g/mol. The van der Waals surface area contributed by atoms with Crippen LogP contribution in [0.1, 0.15) is 15.9 Å². The maximum absolute atomic E-state index is 12.4. The Labute approximate surface area is 145 Å². The molecule has 0 saturated carbocycles. The molecule has 118 valence electrons. The number of rotatable bonds is 3. The second kappa shape index (κ2) is 6.49. The van der Waals surface area contributed by atoms with Crippen LogP contribution in [0.4, 0.5) is 5.69 Å². The molecule has 0 bridgehead atoms. The van der Waals surface area contributed by atoms with E-state index in [4.69, 9.17) is 0 Å². The predicted molar refractivity (Wildman–Crippen MR) is 99.1 cm³/mol. The van der Waals surface area contributed by atoms with Crippen LogP contribution in [-0.4, -0.2) is 16.5 Å². The summed E-state index contributed by atoms with van der Waals surface area (Å²) in [6, 6.07) is 20.4. The summed E-state index contributed by atoms with van der Waals surface area (Å²) in [5.41, 5.74) is 5.09. The summed E-state index contributed by atoms with van der Waals surface area (Å²) >= 11 is 1.58.